The van der Waals surface area contributed by atoms with Crippen LogP contribution in [0.5, 0.6) is 0 Å². The van der Waals surface area contributed by atoms with E-state index in [0.717, 1.165) is 24.6 Å². The van der Waals surface area contributed by atoms with Crippen molar-refractivity contribution in [2.75, 3.05) is 13.6 Å². The van der Waals surface area contributed by atoms with Gasteiger partial charge in [-0.25, -0.2) is 0 Å². The summed E-state index contributed by atoms with van der Waals surface area (Å²) in [7, 11) is 1.72. The highest BCUT2D eigenvalue weighted by atomic mass is 16.4. The molecule has 0 fully saturated rings. The summed E-state index contributed by atoms with van der Waals surface area (Å²) in [4.78, 5) is 24.7. The van der Waals surface area contributed by atoms with Gasteiger partial charge in [-0.15, -0.1) is 0 Å². The third kappa shape index (κ3) is 5.08. The van der Waals surface area contributed by atoms with Gasteiger partial charge in [0.05, 0.1) is 11.6 Å². The molecule has 2 rings (SSSR count). The molecule has 6 heteroatoms. The van der Waals surface area contributed by atoms with Crippen LogP contribution in [0.15, 0.2) is 28.7 Å². The first-order valence-corrected chi connectivity index (χ1v) is 8.31. The predicted molar refractivity (Wildman–Crippen MR) is 93.2 cm³/mol. The van der Waals surface area contributed by atoms with E-state index in [-0.39, 0.29) is 24.0 Å². The van der Waals surface area contributed by atoms with E-state index in [4.69, 9.17) is 14.8 Å². The summed E-state index contributed by atoms with van der Waals surface area (Å²) in [5.74, 6) is -0.576. The lowest BCUT2D eigenvalue weighted by Crippen LogP contribution is -2.27. The van der Waals surface area contributed by atoms with Gasteiger partial charge in [-0.05, 0) is 36.6 Å². The van der Waals surface area contributed by atoms with Crippen molar-refractivity contribution < 1.29 is 19.1 Å². The van der Waals surface area contributed by atoms with E-state index in [0.29, 0.717) is 17.7 Å². The van der Waals surface area contributed by atoms with Crippen molar-refractivity contribution in [3.8, 4) is 6.07 Å². The van der Waals surface area contributed by atoms with Crippen LogP contribution < -0.4 is 0 Å². The summed E-state index contributed by atoms with van der Waals surface area (Å²) in [5.41, 5.74) is 1.11. The minimum atomic E-state index is -0.774. The first-order chi connectivity index (χ1) is 11.9. The maximum Gasteiger partial charge on any atom is 0.303 e. The van der Waals surface area contributed by atoms with Crippen LogP contribution in [0.3, 0.4) is 0 Å². The van der Waals surface area contributed by atoms with Crippen molar-refractivity contribution in [1.82, 2.24) is 4.90 Å². The SMILES string of the molecule is CC(CCCCN(C)C(=O)c1cc2cc(C#N)ccc2o1)CC(=O)O. The van der Waals surface area contributed by atoms with Gasteiger partial charge in [0.2, 0.25) is 0 Å². The fraction of sp³-hybridized carbons (Fsp3) is 0.421. The van der Waals surface area contributed by atoms with Gasteiger partial charge in [-0.1, -0.05) is 19.8 Å². The molecule has 0 bridgehead atoms. The molecule has 132 valence electrons. The number of carbonyl (C=O) groups excluding carboxylic acids is 1. The zero-order valence-electron chi connectivity index (χ0n) is 14.5. The fourth-order valence-electron chi connectivity index (χ4n) is 2.75. The molecule has 0 radical (unpaired) electrons. The van der Waals surface area contributed by atoms with Crippen molar-refractivity contribution >= 4 is 22.8 Å². The number of carboxylic acids is 1. The average molecular weight is 342 g/mol. The molecule has 1 atom stereocenters. The molecule has 0 saturated carbocycles. The number of hydrogen-bond donors (Lipinski definition) is 1. The normalized spacial score (nSPS) is 11.9. The summed E-state index contributed by atoms with van der Waals surface area (Å²) in [6.45, 7) is 2.51. The predicted octanol–water partition coefficient (Wildman–Crippen LogP) is 3.66. The van der Waals surface area contributed by atoms with Gasteiger partial charge in [0.15, 0.2) is 5.76 Å². The molecule has 1 N–H and O–H groups in total. The second-order valence-corrected chi connectivity index (χ2v) is 6.40. The quantitative estimate of drug-likeness (QED) is 0.739. The number of aliphatic carboxylic acids is 1. The standard InChI is InChI=1S/C19H22N2O4/c1-13(9-18(22)23)5-3-4-8-21(2)19(24)17-11-15-10-14(12-20)6-7-16(15)25-17/h6-7,10-11,13H,3-5,8-9H2,1-2H3,(H,22,23). The van der Waals surface area contributed by atoms with Gasteiger partial charge < -0.3 is 14.4 Å². The molecule has 6 nitrogen and oxygen atoms in total. The first-order valence-electron chi connectivity index (χ1n) is 8.31. The second-order valence-electron chi connectivity index (χ2n) is 6.40. The molecule has 2 aromatic rings. The summed E-state index contributed by atoms with van der Waals surface area (Å²) in [6, 6.07) is 8.76. The van der Waals surface area contributed by atoms with E-state index < -0.39 is 5.97 Å². The summed E-state index contributed by atoms with van der Waals surface area (Å²) in [6.07, 6.45) is 2.69. The number of amides is 1. The van der Waals surface area contributed by atoms with E-state index in [2.05, 4.69) is 6.07 Å². The van der Waals surface area contributed by atoms with Crippen LogP contribution in [0.2, 0.25) is 0 Å². The number of furan rings is 1. The zero-order chi connectivity index (χ0) is 18.4. The Labute approximate surface area is 146 Å². The van der Waals surface area contributed by atoms with Crippen molar-refractivity contribution in [3.05, 3.63) is 35.6 Å². The number of carbonyl (C=O) groups is 2. The number of nitrogens with zero attached hydrogens (tertiary/aromatic N) is 2. The number of fused-ring (bicyclic) bond motifs is 1. The van der Waals surface area contributed by atoms with Crippen LogP contribution in [-0.2, 0) is 4.79 Å². The van der Waals surface area contributed by atoms with Crippen molar-refractivity contribution in [1.29, 1.82) is 5.26 Å². The molecule has 0 aliphatic rings. The number of rotatable bonds is 8. The fourth-order valence-corrected chi connectivity index (χ4v) is 2.75. The lowest BCUT2D eigenvalue weighted by Gasteiger charge is -2.16. The molecule has 1 amide bonds. The molecule has 0 aliphatic heterocycles. The molecular formula is C19H22N2O4. The monoisotopic (exact) mass is 342 g/mol. The topological polar surface area (TPSA) is 94.5 Å². The van der Waals surface area contributed by atoms with Gasteiger partial charge in [0.1, 0.15) is 5.58 Å². The van der Waals surface area contributed by atoms with E-state index >= 15 is 0 Å². The van der Waals surface area contributed by atoms with Crippen LogP contribution in [0.4, 0.5) is 0 Å². The number of unbranched alkanes of at least 4 members (excludes halogenated alkanes) is 1. The summed E-state index contributed by atoms with van der Waals surface area (Å²) >= 11 is 0. The Morgan fingerprint density at radius 3 is 2.76 bits per heavy atom. The lowest BCUT2D eigenvalue weighted by atomic mass is 10.0. The molecule has 1 unspecified atom stereocenters. The van der Waals surface area contributed by atoms with Crippen molar-refractivity contribution in [3.63, 3.8) is 0 Å². The molecule has 0 spiro atoms. The highest BCUT2D eigenvalue weighted by Gasteiger charge is 2.17. The third-order valence-electron chi connectivity index (χ3n) is 4.17. The molecule has 1 heterocycles. The summed E-state index contributed by atoms with van der Waals surface area (Å²) < 4.78 is 5.57. The third-order valence-corrected chi connectivity index (χ3v) is 4.17. The Kier molecular flexibility index (Phi) is 6.18. The van der Waals surface area contributed by atoms with Gasteiger partial charge in [-0.3, -0.25) is 9.59 Å². The van der Waals surface area contributed by atoms with Crippen LogP contribution >= 0.6 is 0 Å². The summed E-state index contributed by atoms with van der Waals surface area (Å²) in [5, 5.41) is 18.4. The van der Waals surface area contributed by atoms with Crippen LogP contribution in [0.1, 0.15) is 48.7 Å². The lowest BCUT2D eigenvalue weighted by molar-refractivity contribution is -0.138. The number of benzene rings is 1. The molecule has 1 aromatic carbocycles. The highest BCUT2D eigenvalue weighted by molar-refractivity contribution is 5.96. The number of nitriles is 1. The maximum atomic E-state index is 12.4. The first kappa shape index (κ1) is 18.5. The minimum Gasteiger partial charge on any atom is -0.481 e. The van der Waals surface area contributed by atoms with Crippen molar-refractivity contribution in [2.45, 2.75) is 32.6 Å². The Balaban J connectivity index is 1.87. The van der Waals surface area contributed by atoms with E-state index in [1.807, 2.05) is 6.92 Å². The maximum absolute atomic E-state index is 12.4. The van der Waals surface area contributed by atoms with Crippen LogP contribution in [0, 0.1) is 17.2 Å². The van der Waals surface area contributed by atoms with Gasteiger partial charge in [0.25, 0.3) is 5.91 Å². The largest absolute Gasteiger partial charge is 0.481 e. The Morgan fingerprint density at radius 2 is 2.08 bits per heavy atom. The molecule has 1 aromatic heterocycles. The van der Waals surface area contributed by atoms with Gasteiger partial charge in [-0.2, -0.15) is 5.26 Å². The zero-order valence-corrected chi connectivity index (χ0v) is 14.5. The molecular weight excluding hydrogens is 320 g/mol. The molecule has 0 aliphatic carbocycles. The van der Waals surface area contributed by atoms with Crippen LogP contribution in [0.25, 0.3) is 11.0 Å². The highest BCUT2D eigenvalue weighted by Crippen LogP contribution is 2.21. The minimum absolute atomic E-state index is 0.142. The molecule has 0 saturated heterocycles. The number of carboxylic acid groups (broad SMARTS) is 1. The van der Waals surface area contributed by atoms with E-state index in [1.165, 1.54) is 0 Å². The van der Waals surface area contributed by atoms with E-state index in [9.17, 15) is 9.59 Å². The smallest absolute Gasteiger partial charge is 0.303 e. The Morgan fingerprint density at radius 1 is 1.32 bits per heavy atom. The molecule has 25 heavy (non-hydrogen) atoms. The Hall–Kier alpha value is -2.81. The van der Waals surface area contributed by atoms with Gasteiger partial charge >= 0.3 is 5.97 Å². The average Bonchev–Trinajstić information content (AvgIpc) is 3.00. The van der Waals surface area contributed by atoms with Gasteiger partial charge in [0, 0.05) is 25.4 Å². The van der Waals surface area contributed by atoms with Crippen LogP contribution in [-0.4, -0.2) is 35.5 Å². The van der Waals surface area contributed by atoms with E-state index in [1.54, 1.807) is 36.2 Å². The second kappa shape index (κ2) is 8.34. The number of hydrogen-bond acceptors (Lipinski definition) is 4. The van der Waals surface area contributed by atoms with Crippen molar-refractivity contribution in [2.24, 2.45) is 5.92 Å². The Bertz CT molecular complexity index is 803.